The smallest absolute Gasteiger partial charge is 0.295 e. The van der Waals surface area contributed by atoms with E-state index in [0.29, 0.717) is 12.1 Å². The molecule has 1 aromatic rings. The van der Waals surface area contributed by atoms with E-state index in [1.54, 1.807) is 6.07 Å². The van der Waals surface area contributed by atoms with Gasteiger partial charge in [0.2, 0.25) is 5.91 Å². The maximum atomic E-state index is 12.0. The van der Waals surface area contributed by atoms with Crippen molar-refractivity contribution in [3.8, 4) is 0 Å². The summed E-state index contributed by atoms with van der Waals surface area (Å²) in [5, 5.41) is 2.89. The Morgan fingerprint density at radius 2 is 2.30 bits per heavy atom. The molecule has 2 heterocycles. The molecule has 1 spiro atoms. The molecule has 1 saturated carbocycles. The van der Waals surface area contributed by atoms with Gasteiger partial charge in [0.1, 0.15) is 12.0 Å². The van der Waals surface area contributed by atoms with Gasteiger partial charge in [-0.2, -0.15) is 0 Å². The van der Waals surface area contributed by atoms with Gasteiger partial charge in [-0.1, -0.05) is 0 Å². The SMILES string of the molecule is O=C(N=C1CCC[C@]2(CCNC2=O)C1)c1ccncn1. The van der Waals surface area contributed by atoms with E-state index in [9.17, 15) is 9.59 Å². The number of carbonyl (C=O) groups is 2. The minimum atomic E-state index is -0.349. The number of amides is 2. The van der Waals surface area contributed by atoms with Crippen molar-refractivity contribution in [3.05, 3.63) is 24.3 Å². The first kappa shape index (κ1) is 12.9. The number of aliphatic imine (C=N–C) groups is 1. The number of nitrogens with one attached hydrogen (secondary N) is 1. The van der Waals surface area contributed by atoms with Gasteiger partial charge in [-0.25, -0.2) is 15.0 Å². The average molecular weight is 272 g/mol. The molecule has 20 heavy (non-hydrogen) atoms. The summed E-state index contributed by atoms with van der Waals surface area (Å²) in [6.07, 6.45) is 6.87. The lowest BCUT2D eigenvalue weighted by Gasteiger charge is -2.31. The Bertz CT molecular complexity index is 570. The van der Waals surface area contributed by atoms with Crippen LogP contribution in [0.25, 0.3) is 0 Å². The fourth-order valence-corrected chi connectivity index (χ4v) is 3.04. The molecule has 1 aromatic heterocycles. The largest absolute Gasteiger partial charge is 0.356 e. The van der Waals surface area contributed by atoms with Crippen molar-refractivity contribution in [1.29, 1.82) is 0 Å². The first-order chi connectivity index (χ1) is 9.70. The maximum Gasteiger partial charge on any atom is 0.295 e. The van der Waals surface area contributed by atoms with Gasteiger partial charge in [0.05, 0.1) is 5.41 Å². The van der Waals surface area contributed by atoms with Crippen molar-refractivity contribution in [1.82, 2.24) is 15.3 Å². The quantitative estimate of drug-likeness (QED) is 0.830. The summed E-state index contributed by atoms with van der Waals surface area (Å²) in [5.41, 5.74) is 0.781. The van der Waals surface area contributed by atoms with E-state index in [1.807, 2.05) is 0 Å². The van der Waals surface area contributed by atoms with E-state index >= 15 is 0 Å². The molecule has 0 unspecified atom stereocenters. The predicted molar refractivity (Wildman–Crippen MR) is 72.3 cm³/mol. The second kappa shape index (κ2) is 5.11. The van der Waals surface area contributed by atoms with Crippen LogP contribution in [0.3, 0.4) is 0 Å². The highest BCUT2D eigenvalue weighted by Crippen LogP contribution is 2.40. The van der Waals surface area contributed by atoms with Crippen LogP contribution in [-0.2, 0) is 4.79 Å². The van der Waals surface area contributed by atoms with Crippen LogP contribution in [0.4, 0.5) is 0 Å². The number of rotatable bonds is 1. The lowest BCUT2D eigenvalue weighted by molar-refractivity contribution is -0.128. The summed E-state index contributed by atoms with van der Waals surface area (Å²) in [6.45, 7) is 0.728. The van der Waals surface area contributed by atoms with Crippen molar-refractivity contribution < 1.29 is 9.59 Å². The normalized spacial score (nSPS) is 27.8. The highest BCUT2D eigenvalue weighted by atomic mass is 16.2. The highest BCUT2D eigenvalue weighted by molar-refractivity contribution is 6.04. The number of aromatic nitrogens is 2. The van der Waals surface area contributed by atoms with Gasteiger partial charge >= 0.3 is 0 Å². The molecule has 1 aliphatic heterocycles. The van der Waals surface area contributed by atoms with Crippen molar-refractivity contribution in [2.45, 2.75) is 32.1 Å². The van der Waals surface area contributed by atoms with Gasteiger partial charge in [-0.05, 0) is 31.7 Å². The molecule has 0 aromatic carbocycles. The van der Waals surface area contributed by atoms with Crippen molar-refractivity contribution in [2.75, 3.05) is 6.54 Å². The molecule has 3 rings (SSSR count). The van der Waals surface area contributed by atoms with Crippen LogP contribution in [0.5, 0.6) is 0 Å². The molecule has 0 radical (unpaired) electrons. The molecular weight excluding hydrogens is 256 g/mol. The van der Waals surface area contributed by atoms with Gasteiger partial charge in [0.25, 0.3) is 5.91 Å². The lowest BCUT2D eigenvalue weighted by atomic mass is 9.72. The Kier molecular flexibility index (Phi) is 3.30. The third-order valence-electron chi connectivity index (χ3n) is 4.09. The minimum absolute atomic E-state index is 0.111. The molecule has 2 fully saturated rings. The van der Waals surface area contributed by atoms with Crippen molar-refractivity contribution in [3.63, 3.8) is 0 Å². The summed E-state index contributed by atoms with van der Waals surface area (Å²) in [4.78, 5) is 35.8. The molecule has 0 bridgehead atoms. The van der Waals surface area contributed by atoms with Crippen molar-refractivity contribution >= 4 is 17.5 Å². The third kappa shape index (κ3) is 2.33. The summed E-state index contributed by atoms with van der Waals surface area (Å²) in [6, 6.07) is 1.55. The van der Waals surface area contributed by atoms with Gasteiger partial charge < -0.3 is 5.32 Å². The van der Waals surface area contributed by atoms with Gasteiger partial charge in [0, 0.05) is 24.9 Å². The van der Waals surface area contributed by atoms with Gasteiger partial charge in [0.15, 0.2) is 0 Å². The van der Waals surface area contributed by atoms with Crippen molar-refractivity contribution in [2.24, 2.45) is 10.4 Å². The summed E-state index contributed by atoms with van der Waals surface area (Å²) >= 11 is 0. The van der Waals surface area contributed by atoms with Crippen LogP contribution in [0.2, 0.25) is 0 Å². The van der Waals surface area contributed by atoms with E-state index in [-0.39, 0.29) is 17.2 Å². The molecule has 104 valence electrons. The van der Waals surface area contributed by atoms with Crippen LogP contribution in [0.1, 0.15) is 42.6 Å². The number of hydrogen-bond donors (Lipinski definition) is 1. The van der Waals surface area contributed by atoms with Gasteiger partial charge in [-0.15, -0.1) is 0 Å². The Morgan fingerprint density at radius 1 is 1.40 bits per heavy atom. The standard InChI is InChI=1S/C14H16N4O2/c19-12(11-3-6-15-9-17-11)18-10-2-1-4-14(8-10)5-7-16-13(14)20/h3,6,9H,1-2,4-5,7-8H2,(H,16,20)/t14-/m0/s1. The summed E-state index contributed by atoms with van der Waals surface area (Å²) in [7, 11) is 0. The first-order valence-corrected chi connectivity index (χ1v) is 6.85. The Balaban J connectivity index is 1.79. The van der Waals surface area contributed by atoms with Crippen LogP contribution in [0, 0.1) is 5.41 Å². The summed E-state index contributed by atoms with van der Waals surface area (Å²) < 4.78 is 0. The number of nitrogens with zero attached hydrogens (tertiary/aromatic N) is 3. The zero-order valence-corrected chi connectivity index (χ0v) is 11.1. The maximum absolute atomic E-state index is 12.0. The molecule has 6 nitrogen and oxygen atoms in total. The molecule has 2 amide bonds. The topological polar surface area (TPSA) is 84.3 Å². The summed E-state index contributed by atoms with van der Waals surface area (Å²) in [5.74, 6) is -0.239. The first-order valence-electron chi connectivity index (χ1n) is 6.85. The van der Waals surface area contributed by atoms with E-state index < -0.39 is 0 Å². The zero-order chi connectivity index (χ0) is 14.0. The molecular formula is C14H16N4O2. The van der Waals surface area contributed by atoms with Crippen LogP contribution >= 0.6 is 0 Å². The number of carbonyl (C=O) groups excluding carboxylic acids is 2. The third-order valence-corrected chi connectivity index (χ3v) is 4.09. The van der Waals surface area contributed by atoms with E-state index in [2.05, 4.69) is 20.3 Å². The number of hydrogen-bond acceptors (Lipinski definition) is 4. The second-order valence-electron chi connectivity index (χ2n) is 5.39. The van der Waals surface area contributed by atoms with E-state index in [4.69, 9.17) is 0 Å². The Labute approximate surface area is 116 Å². The fraction of sp³-hybridized carbons (Fsp3) is 0.500. The minimum Gasteiger partial charge on any atom is -0.356 e. The molecule has 1 saturated heterocycles. The fourth-order valence-electron chi connectivity index (χ4n) is 3.04. The van der Waals surface area contributed by atoms with Gasteiger partial charge in [-0.3, -0.25) is 9.59 Å². The Morgan fingerprint density at radius 3 is 3.00 bits per heavy atom. The van der Waals surface area contributed by atoms with E-state index in [0.717, 1.165) is 37.9 Å². The molecule has 1 atom stereocenters. The predicted octanol–water partition coefficient (Wildman–Crippen LogP) is 1.14. The monoisotopic (exact) mass is 272 g/mol. The molecule has 1 N–H and O–H groups in total. The second-order valence-corrected chi connectivity index (χ2v) is 5.39. The highest BCUT2D eigenvalue weighted by Gasteiger charge is 2.44. The average Bonchev–Trinajstić information content (AvgIpc) is 2.81. The Hall–Kier alpha value is -2.11. The van der Waals surface area contributed by atoms with Crippen LogP contribution in [0.15, 0.2) is 23.6 Å². The van der Waals surface area contributed by atoms with Crippen LogP contribution < -0.4 is 5.32 Å². The molecule has 2 aliphatic rings. The molecule has 1 aliphatic carbocycles. The lowest BCUT2D eigenvalue weighted by Crippen LogP contribution is -2.36. The van der Waals surface area contributed by atoms with E-state index in [1.165, 1.54) is 12.5 Å². The van der Waals surface area contributed by atoms with Crippen LogP contribution in [-0.4, -0.2) is 34.0 Å². The molecule has 6 heteroatoms. The zero-order valence-electron chi connectivity index (χ0n) is 11.1.